The number of anilines is 1. The molecule has 3 rings (SSSR count). The van der Waals surface area contributed by atoms with Crippen molar-refractivity contribution in [3.63, 3.8) is 0 Å². The molecule has 5 heteroatoms. The molecule has 1 heterocycles. The van der Waals surface area contributed by atoms with Gasteiger partial charge in [0.1, 0.15) is 0 Å². The Bertz CT molecular complexity index is 545. The van der Waals surface area contributed by atoms with Crippen LogP contribution in [0.25, 0.3) is 0 Å². The number of carboxylic acids is 1. The molecule has 1 saturated heterocycles. The molecule has 1 aliphatic heterocycles. The van der Waals surface area contributed by atoms with E-state index in [0.717, 1.165) is 25.7 Å². The van der Waals surface area contributed by atoms with Crippen LogP contribution >= 0.6 is 0 Å². The molecule has 1 aliphatic carbocycles. The number of amides is 1. The van der Waals surface area contributed by atoms with Crippen LogP contribution in [0.3, 0.4) is 0 Å². The van der Waals surface area contributed by atoms with E-state index in [2.05, 4.69) is 5.32 Å². The zero-order valence-electron chi connectivity index (χ0n) is 11.1. The van der Waals surface area contributed by atoms with E-state index >= 15 is 0 Å². The smallest absolute Gasteiger partial charge is 0.335 e. The Balaban J connectivity index is 1.79. The molecule has 1 aromatic carbocycles. The average molecular weight is 275 g/mol. The summed E-state index contributed by atoms with van der Waals surface area (Å²) in [4.78, 5) is 23.5. The van der Waals surface area contributed by atoms with E-state index in [-0.39, 0.29) is 17.6 Å². The largest absolute Gasteiger partial charge is 0.478 e. The Hall–Kier alpha value is -1.88. The maximum absolute atomic E-state index is 12.6. The Labute approximate surface area is 116 Å². The molecule has 0 aromatic heterocycles. The first kappa shape index (κ1) is 13.1. The van der Waals surface area contributed by atoms with Crippen molar-refractivity contribution in [1.29, 1.82) is 0 Å². The van der Waals surface area contributed by atoms with Gasteiger partial charge in [0, 0.05) is 12.3 Å². The molecule has 0 bridgehead atoms. The second kappa shape index (κ2) is 4.90. The molecule has 1 amide bonds. The summed E-state index contributed by atoms with van der Waals surface area (Å²) in [6.45, 7) is 0.632. The van der Waals surface area contributed by atoms with Gasteiger partial charge in [0.05, 0.1) is 17.1 Å². The summed E-state index contributed by atoms with van der Waals surface area (Å²) in [5.74, 6) is -1.04. The highest BCUT2D eigenvalue weighted by Gasteiger charge is 2.52. The normalized spacial score (nSPS) is 28.1. The van der Waals surface area contributed by atoms with Crippen molar-refractivity contribution in [3.8, 4) is 0 Å². The van der Waals surface area contributed by atoms with Crippen LogP contribution in [-0.2, 0) is 9.53 Å². The van der Waals surface area contributed by atoms with Crippen molar-refractivity contribution < 1.29 is 19.4 Å². The predicted molar refractivity (Wildman–Crippen MR) is 72.7 cm³/mol. The number of benzene rings is 1. The fraction of sp³-hybridized carbons (Fsp3) is 0.467. The van der Waals surface area contributed by atoms with Crippen LogP contribution in [0.5, 0.6) is 0 Å². The maximum atomic E-state index is 12.6. The number of hydrogen-bond acceptors (Lipinski definition) is 3. The van der Waals surface area contributed by atoms with Gasteiger partial charge in [-0.1, -0.05) is 6.07 Å². The molecular weight excluding hydrogens is 258 g/mol. The van der Waals surface area contributed by atoms with Crippen LogP contribution in [0.2, 0.25) is 0 Å². The summed E-state index contributed by atoms with van der Waals surface area (Å²) in [6.07, 6.45) is 3.56. The zero-order valence-corrected chi connectivity index (χ0v) is 11.1. The number of carbonyl (C=O) groups is 2. The molecule has 1 saturated carbocycles. The van der Waals surface area contributed by atoms with Crippen LogP contribution < -0.4 is 5.32 Å². The van der Waals surface area contributed by atoms with Crippen molar-refractivity contribution in [2.75, 3.05) is 11.9 Å². The van der Waals surface area contributed by atoms with Gasteiger partial charge in [0.2, 0.25) is 5.91 Å². The van der Waals surface area contributed by atoms with Crippen molar-refractivity contribution in [3.05, 3.63) is 29.8 Å². The third-order valence-corrected chi connectivity index (χ3v) is 4.39. The first-order valence-electron chi connectivity index (χ1n) is 6.88. The highest BCUT2D eigenvalue weighted by atomic mass is 16.5. The third-order valence-electron chi connectivity index (χ3n) is 4.39. The van der Waals surface area contributed by atoms with E-state index in [1.165, 1.54) is 12.1 Å². The van der Waals surface area contributed by atoms with Crippen molar-refractivity contribution in [1.82, 2.24) is 0 Å². The quantitative estimate of drug-likeness (QED) is 0.887. The molecule has 5 nitrogen and oxygen atoms in total. The summed E-state index contributed by atoms with van der Waals surface area (Å²) in [6, 6.07) is 6.33. The van der Waals surface area contributed by atoms with Gasteiger partial charge in [-0.25, -0.2) is 4.79 Å². The van der Waals surface area contributed by atoms with Crippen molar-refractivity contribution in [2.45, 2.75) is 31.8 Å². The van der Waals surface area contributed by atoms with Gasteiger partial charge in [-0.3, -0.25) is 4.79 Å². The standard InChI is InChI=1S/C15H17NO4/c17-13(18)10-3-1-4-11(9-10)16-14(19)15-6-2-5-12(15)20-8-7-15/h1,3-4,9,12H,2,5-8H2,(H,16,19)(H,17,18)/t12-,15+/m1/s1. The number of aromatic carboxylic acids is 1. The first-order valence-corrected chi connectivity index (χ1v) is 6.88. The first-order chi connectivity index (χ1) is 9.62. The number of carbonyl (C=O) groups excluding carboxylic acids is 1. The topological polar surface area (TPSA) is 75.6 Å². The van der Waals surface area contributed by atoms with Gasteiger partial charge in [-0.05, 0) is 43.9 Å². The molecule has 106 valence electrons. The van der Waals surface area contributed by atoms with E-state index in [9.17, 15) is 9.59 Å². The molecule has 1 aromatic rings. The van der Waals surface area contributed by atoms with Crippen LogP contribution in [-0.4, -0.2) is 29.7 Å². The monoisotopic (exact) mass is 275 g/mol. The Morgan fingerprint density at radius 2 is 2.20 bits per heavy atom. The minimum atomic E-state index is -0.998. The van der Waals surface area contributed by atoms with Crippen LogP contribution in [0, 0.1) is 5.41 Å². The van der Waals surface area contributed by atoms with E-state index in [4.69, 9.17) is 9.84 Å². The lowest BCUT2D eigenvalue weighted by molar-refractivity contribution is -0.127. The molecule has 0 radical (unpaired) electrons. The number of ether oxygens (including phenoxy) is 1. The molecule has 2 fully saturated rings. The Morgan fingerprint density at radius 3 is 3.00 bits per heavy atom. The van der Waals surface area contributed by atoms with Gasteiger partial charge in [0.15, 0.2) is 0 Å². The lowest BCUT2D eigenvalue weighted by atomic mass is 9.82. The number of hydrogen-bond donors (Lipinski definition) is 2. The highest BCUT2D eigenvalue weighted by molar-refractivity contribution is 5.97. The molecule has 0 unspecified atom stereocenters. The number of fused-ring (bicyclic) bond motifs is 1. The van der Waals surface area contributed by atoms with Gasteiger partial charge in [-0.2, -0.15) is 0 Å². The molecular formula is C15H17NO4. The Kier molecular flexibility index (Phi) is 3.22. The Morgan fingerprint density at radius 1 is 1.35 bits per heavy atom. The van der Waals surface area contributed by atoms with Crippen molar-refractivity contribution in [2.24, 2.45) is 5.41 Å². The number of carboxylic acid groups (broad SMARTS) is 1. The van der Waals surface area contributed by atoms with Crippen molar-refractivity contribution >= 4 is 17.6 Å². The molecule has 20 heavy (non-hydrogen) atoms. The fourth-order valence-corrected chi connectivity index (χ4v) is 3.31. The van der Waals surface area contributed by atoms with Crippen LogP contribution in [0.1, 0.15) is 36.0 Å². The zero-order chi connectivity index (χ0) is 14.2. The predicted octanol–water partition coefficient (Wildman–Crippen LogP) is 2.28. The molecule has 2 N–H and O–H groups in total. The minimum Gasteiger partial charge on any atom is -0.478 e. The average Bonchev–Trinajstić information content (AvgIpc) is 2.98. The fourth-order valence-electron chi connectivity index (χ4n) is 3.31. The second-order valence-electron chi connectivity index (χ2n) is 5.50. The maximum Gasteiger partial charge on any atom is 0.335 e. The lowest BCUT2D eigenvalue weighted by Crippen LogP contribution is -2.39. The van der Waals surface area contributed by atoms with E-state index < -0.39 is 11.4 Å². The lowest BCUT2D eigenvalue weighted by Gasteiger charge is -2.26. The minimum absolute atomic E-state index is 0.0187. The second-order valence-corrected chi connectivity index (χ2v) is 5.50. The highest BCUT2D eigenvalue weighted by Crippen LogP contribution is 2.48. The molecule has 0 spiro atoms. The third kappa shape index (κ3) is 2.08. The van der Waals surface area contributed by atoms with E-state index in [1.807, 2.05) is 0 Å². The molecule has 2 atom stereocenters. The number of nitrogens with one attached hydrogen (secondary N) is 1. The van der Waals surface area contributed by atoms with Gasteiger partial charge < -0.3 is 15.2 Å². The van der Waals surface area contributed by atoms with E-state index in [0.29, 0.717) is 12.3 Å². The summed E-state index contributed by atoms with van der Waals surface area (Å²) >= 11 is 0. The van der Waals surface area contributed by atoms with Gasteiger partial charge in [0.25, 0.3) is 0 Å². The van der Waals surface area contributed by atoms with Gasteiger partial charge >= 0.3 is 5.97 Å². The summed E-state index contributed by atoms with van der Waals surface area (Å²) in [5, 5.41) is 11.8. The SMILES string of the molecule is O=C(O)c1cccc(NC(=O)[C@]23CCC[C@H]2OCC3)c1. The van der Waals surface area contributed by atoms with Crippen LogP contribution in [0.15, 0.2) is 24.3 Å². The van der Waals surface area contributed by atoms with E-state index in [1.54, 1.807) is 12.1 Å². The number of rotatable bonds is 3. The van der Waals surface area contributed by atoms with Crippen LogP contribution in [0.4, 0.5) is 5.69 Å². The molecule has 2 aliphatic rings. The summed E-state index contributed by atoms with van der Waals surface area (Å²) in [7, 11) is 0. The summed E-state index contributed by atoms with van der Waals surface area (Å²) < 4.78 is 5.65. The van der Waals surface area contributed by atoms with Gasteiger partial charge in [-0.15, -0.1) is 0 Å². The summed E-state index contributed by atoms with van der Waals surface area (Å²) in [5.41, 5.74) is 0.284.